The predicted molar refractivity (Wildman–Crippen MR) is 83.1 cm³/mol. The van der Waals surface area contributed by atoms with Gasteiger partial charge in [-0.25, -0.2) is 4.98 Å². The van der Waals surface area contributed by atoms with Crippen LogP contribution < -0.4 is 11.1 Å². The zero-order valence-corrected chi connectivity index (χ0v) is 11.5. The van der Waals surface area contributed by atoms with Crippen molar-refractivity contribution in [1.29, 1.82) is 0 Å². The van der Waals surface area contributed by atoms with Crippen LogP contribution in [0.4, 0.5) is 11.5 Å². The van der Waals surface area contributed by atoms with E-state index >= 15 is 0 Å². The lowest BCUT2D eigenvalue weighted by Crippen LogP contribution is -2.14. The number of nitrogens with two attached hydrogens (primary N) is 1. The third-order valence-corrected chi connectivity index (χ3v) is 3.11. The second kappa shape index (κ2) is 5.20. The highest BCUT2D eigenvalue weighted by molar-refractivity contribution is 6.12. The normalized spacial score (nSPS) is 10.5. The summed E-state index contributed by atoms with van der Waals surface area (Å²) < 4.78 is 0. The molecule has 5 nitrogen and oxygen atoms in total. The standard InChI is InChI=1S/C16H14N4O/c1-10-8-13(12-9-11(17)5-6-14(12)19-10)16(21)20-15-4-2-3-7-18-15/h2-9H,17H2,1H3,(H,18,20,21). The van der Waals surface area contributed by atoms with Gasteiger partial charge in [0.15, 0.2) is 0 Å². The monoisotopic (exact) mass is 278 g/mol. The Morgan fingerprint density at radius 1 is 1.19 bits per heavy atom. The van der Waals surface area contributed by atoms with Crippen LogP contribution >= 0.6 is 0 Å². The number of aromatic nitrogens is 2. The summed E-state index contributed by atoms with van der Waals surface area (Å²) in [5.74, 6) is 0.281. The van der Waals surface area contributed by atoms with Gasteiger partial charge in [-0.2, -0.15) is 0 Å². The van der Waals surface area contributed by atoms with Gasteiger partial charge in [-0.3, -0.25) is 9.78 Å². The fourth-order valence-electron chi connectivity index (χ4n) is 2.18. The molecule has 0 bridgehead atoms. The first-order chi connectivity index (χ1) is 10.1. The molecule has 0 fully saturated rings. The minimum Gasteiger partial charge on any atom is -0.399 e. The van der Waals surface area contributed by atoms with E-state index in [4.69, 9.17) is 5.73 Å². The first-order valence-corrected chi connectivity index (χ1v) is 6.53. The molecule has 2 aromatic heterocycles. The molecular formula is C16H14N4O. The lowest BCUT2D eigenvalue weighted by atomic mass is 10.1. The van der Waals surface area contributed by atoms with Gasteiger partial charge in [0.25, 0.3) is 5.91 Å². The van der Waals surface area contributed by atoms with Crippen molar-refractivity contribution in [2.24, 2.45) is 0 Å². The van der Waals surface area contributed by atoms with Crippen molar-refractivity contribution in [3.05, 3.63) is 59.9 Å². The molecule has 1 aromatic carbocycles. The van der Waals surface area contributed by atoms with Gasteiger partial charge in [0.1, 0.15) is 5.82 Å². The maximum atomic E-state index is 12.5. The number of nitrogens with zero attached hydrogens (tertiary/aromatic N) is 2. The third kappa shape index (κ3) is 2.67. The second-order valence-electron chi connectivity index (χ2n) is 4.76. The highest BCUT2D eigenvalue weighted by atomic mass is 16.1. The van der Waals surface area contributed by atoms with Crippen molar-refractivity contribution in [3.8, 4) is 0 Å². The smallest absolute Gasteiger partial charge is 0.257 e. The Labute approximate surface area is 121 Å². The molecule has 104 valence electrons. The molecule has 5 heteroatoms. The van der Waals surface area contributed by atoms with Crippen molar-refractivity contribution in [2.75, 3.05) is 11.1 Å². The van der Waals surface area contributed by atoms with E-state index in [0.29, 0.717) is 17.1 Å². The van der Waals surface area contributed by atoms with Crippen LogP contribution in [0.3, 0.4) is 0 Å². The van der Waals surface area contributed by atoms with Crippen molar-refractivity contribution in [1.82, 2.24) is 9.97 Å². The number of nitrogens with one attached hydrogen (secondary N) is 1. The van der Waals surface area contributed by atoms with Crippen molar-refractivity contribution >= 4 is 28.3 Å². The molecular weight excluding hydrogens is 264 g/mol. The Morgan fingerprint density at radius 2 is 2.05 bits per heavy atom. The summed E-state index contributed by atoms with van der Waals surface area (Å²) in [6, 6.07) is 12.4. The van der Waals surface area contributed by atoms with Crippen molar-refractivity contribution in [2.45, 2.75) is 6.92 Å². The Bertz CT molecular complexity index is 815. The van der Waals surface area contributed by atoms with E-state index in [1.54, 1.807) is 36.5 Å². The minimum absolute atomic E-state index is 0.227. The average Bonchev–Trinajstić information content (AvgIpc) is 2.48. The molecule has 0 aliphatic rings. The molecule has 0 unspecified atom stereocenters. The van der Waals surface area contributed by atoms with E-state index < -0.39 is 0 Å². The zero-order valence-electron chi connectivity index (χ0n) is 11.5. The number of nitrogen functional groups attached to an aromatic ring is 1. The number of fused-ring (bicyclic) bond motifs is 1. The van der Waals surface area contributed by atoms with E-state index in [-0.39, 0.29) is 5.91 Å². The maximum absolute atomic E-state index is 12.5. The fourth-order valence-corrected chi connectivity index (χ4v) is 2.18. The van der Waals surface area contributed by atoms with Crippen LogP contribution in [0.15, 0.2) is 48.7 Å². The molecule has 0 saturated carbocycles. The van der Waals surface area contributed by atoms with E-state index in [0.717, 1.165) is 16.6 Å². The van der Waals surface area contributed by atoms with Crippen LogP contribution in [-0.2, 0) is 0 Å². The number of carbonyl (C=O) groups is 1. The van der Waals surface area contributed by atoms with Crippen LogP contribution in [-0.4, -0.2) is 15.9 Å². The molecule has 0 saturated heterocycles. The van der Waals surface area contributed by atoms with Gasteiger partial charge >= 0.3 is 0 Å². The lowest BCUT2D eigenvalue weighted by molar-refractivity contribution is 0.102. The number of anilines is 2. The molecule has 3 rings (SSSR count). The summed E-state index contributed by atoms with van der Waals surface area (Å²) in [4.78, 5) is 21.0. The Kier molecular flexibility index (Phi) is 3.23. The first kappa shape index (κ1) is 13.1. The van der Waals surface area contributed by atoms with Crippen LogP contribution in [0.25, 0.3) is 10.9 Å². The summed E-state index contributed by atoms with van der Waals surface area (Å²) in [5, 5.41) is 3.51. The van der Waals surface area contributed by atoms with Gasteiger partial charge < -0.3 is 11.1 Å². The summed E-state index contributed by atoms with van der Waals surface area (Å²) >= 11 is 0. The number of aryl methyl sites for hydroxylation is 1. The number of hydrogen-bond donors (Lipinski definition) is 2. The lowest BCUT2D eigenvalue weighted by Gasteiger charge is -2.09. The highest BCUT2D eigenvalue weighted by Crippen LogP contribution is 2.22. The summed E-state index contributed by atoms with van der Waals surface area (Å²) in [6.07, 6.45) is 1.63. The van der Waals surface area contributed by atoms with Gasteiger partial charge in [0.2, 0.25) is 0 Å². The van der Waals surface area contributed by atoms with Crippen LogP contribution in [0.2, 0.25) is 0 Å². The molecule has 0 spiro atoms. The van der Waals surface area contributed by atoms with Gasteiger partial charge in [-0.15, -0.1) is 0 Å². The van der Waals surface area contributed by atoms with Gasteiger partial charge in [0, 0.05) is 23.0 Å². The van der Waals surface area contributed by atoms with Gasteiger partial charge in [0.05, 0.1) is 11.1 Å². The molecule has 21 heavy (non-hydrogen) atoms. The molecule has 1 amide bonds. The van der Waals surface area contributed by atoms with E-state index in [1.807, 2.05) is 19.1 Å². The number of carbonyl (C=O) groups excluding carboxylic acids is 1. The second-order valence-corrected chi connectivity index (χ2v) is 4.76. The summed E-state index contributed by atoms with van der Waals surface area (Å²) in [5.41, 5.74) is 8.47. The Balaban J connectivity index is 2.06. The van der Waals surface area contributed by atoms with Crippen molar-refractivity contribution < 1.29 is 4.79 Å². The topological polar surface area (TPSA) is 80.9 Å². The number of benzene rings is 1. The molecule has 3 N–H and O–H groups in total. The van der Waals surface area contributed by atoms with E-state index in [1.165, 1.54) is 0 Å². The molecule has 0 atom stereocenters. The molecule has 0 aliphatic carbocycles. The van der Waals surface area contributed by atoms with E-state index in [2.05, 4.69) is 15.3 Å². The average molecular weight is 278 g/mol. The number of amides is 1. The van der Waals surface area contributed by atoms with Gasteiger partial charge in [-0.05, 0) is 43.3 Å². The maximum Gasteiger partial charge on any atom is 0.257 e. The third-order valence-electron chi connectivity index (χ3n) is 3.11. The van der Waals surface area contributed by atoms with Gasteiger partial charge in [-0.1, -0.05) is 6.07 Å². The van der Waals surface area contributed by atoms with Crippen LogP contribution in [0.5, 0.6) is 0 Å². The summed E-state index contributed by atoms with van der Waals surface area (Å²) in [6.45, 7) is 1.85. The van der Waals surface area contributed by atoms with Crippen LogP contribution in [0, 0.1) is 6.92 Å². The van der Waals surface area contributed by atoms with Crippen LogP contribution in [0.1, 0.15) is 16.1 Å². The summed E-state index contributed by atoms with van der Waals surface area (Å²) in [7, 11) is 0. The molecule has 0 radical (unpaired) electrons. The highest BCUT2D eigenvalue weighted by Gasteiger charge is 2.13. The number of rotatable bonds is 2. The number of hydrogen-bond acceptors (Lipinski definition) is 4. The SMILES string of the molecule is Cc1cc(C(=O)Nc2ccccn2)c2cc(N)ccc2n1. The quantitative estimate of drug-likeness (QED) is 0.706. The predicted octanol–water partition coefficient (Wildman–Crippen LogP) is 2.77. The molecule has 2 heterocycles. The Morgan fingerprint density at radius 3 is 2.81 bits per heavy atom. The molecule has 3 aromatic rings. The fraction of sp³-hybridized carbons (Fsp3) is 0.0625. The molecule has 0 aliphatic heterocycles. The zero-order chi connectivity index (χ0) is 14.8. The largest absolute Gasteiger partial charge is 0.399 e. The minimum atomic E-state index is -0.227. The number of pyridine rings is 2. The first-order valence-electron chi connectivity index (χ1n) is 6.53. The van der Waals surface area contributed by atoms with Crippen molar-refractivity contribution in [3.63, 3.8) is 0 Å². The van der Waals surface area contributed by atoms with E-state index in [9.17, 15) is 4.79 Å². The Hall–Kier alpha value is -2.95.